The van der Waals surface area contributed by atoms with Crippen LogP contribution in [-0.2, 0) is 9.59 Å². The summed E-state index contributed by atoms with van der Waals surface area (Å²) in [5.74, 6) is -2.61. The zero-order chi connectivity index (χ0) is 15.2. The molecule has 1 aromatic carbocycles. The standard InChI is InChI=1S/C14H11N3O4/c18-12(5-6-13(19)20)16-17-14(21)11-7-9-3-1-2-4-10(9)8-15-11/h1-8H,(H,16,18)(H,17,21)(H,19,20)/b6-5-. The summed E-state index contributed by atoms with van der Waals surface area (Å²) >= 11 is 0. The first kappa shape index (κ1) is 14.2. The maximum absolute atomic E-state index is 11.8. The first-order chi connectivity index (χ1) is 10.1. The highest BCUT2D eigenvalue weighted by atomic mass is 16.4. The fourth-order valence-electron chi connectivity index (χ4n) is 1.58. The number of rotatable bonds is 3. The van der Waals surface area contributed by atoms with E-state index < -0.39 is 17.8 Å². The Balaban J connectivity index is 2.02. The predicted octanol–water partition coefficient (Wildman–Crippen LogP) is 0.637. The number of hydrazine groups is 1. The average Bonchev–Trinajstić information content (AvgIpc) is 2.50. The smallest absolute Gasteiger partial charge is 0.328 e. The molecule has 2 rings (SSSR count). The van der Waals surface area contributed by atoms with Crippen LogP contribution in [0.25, 0.3) is 10.8 Å². The fraction of sp³-hybridized carbons (Fsp3) is 0. The lowest BCUT2D eigenvalue weighted by Gasteiger charge is -2.05. The highest BCUT2D eigenvalue weighted by molar-refractivity contribution is 5.99. The van der Waals surface area contributed by atoms with Crippen LogP contribution in [0.15, 0.2) is 48.7 Å². The van der Waals surface area contributed by atoms with E-state index in [-0.39, 0.29) is 5.69 Å². The van der Waals surface area contributed by atoms with Gasteiger partial charge in [0.25, 0.3) is 11.8 Å². The predicted molar refractivity (Wildman–Crippen MR) is 74.1 cm³/mol. The maximum Gasteiger partial charge on any atom is 0.328 e. The van der Waals surface area contributed by atoms with Gasteiger partial charge in [-0.15, -0.1) is 0 Å². The van der Waals surface area contributed by atoms with Crippen molar-refractivity contribution < 1.29 is 19.5 Å². The van der Waals surface area contributed by atoms with Crippen LogP contribution < -0.4 is 10.9 Å². The molecule has 0 saturated carbocycles. The van der Waals surface area contributed by atoms with E-state index in [0.29, 0.717) is 6.08 Å². The molecule has 0 bridgehead atoms. The van der Waals surface area contributed by atoms with Crippen LogP contribution in [0.3, 0.4) is 0 Å². The Labute approximate surface area is 119 Å². The van der Waals surface area contributed by atoms with Gasteiger partial charge in [0, 0.05) is 23.7 Å². The lowest BCUT2D eigenvalue weighted by Crippen LogP contribution is -2.41. The minimum absolute atomic E-state index is 0.135. The van der Waals surface area contributed by atoms with E-state index in [2.05, 4.69) is 15.8 Å². The van der Waals surface area contributed by atoms with E-state index in [0.717, 1.165) is 16.8 Å². The Morgan fingerprint density at radius 3 is 2.48 bits per heavy atom. The molecular weight excluding hydrogens is 274 g/mol. The third-order valence-corrected chi connectivity index (χ3v) is 2.54. The van der Waals surface area contributed by atoms with E-state index in [1.54, 1.807) is 12.3 Å². The summed E-state index contributed by atoms with van der Waals surface area (Å²) in [7, 11) is 0. The molecule has 1 heterocycles. The molecule has 0 atom stereocenters. The number of fused-ring (bicyclic) bond motifs is 1. The van der Waals surface area contributed by atoms with E-state index in [1.807, 2.05) is 24.3 Å². The van der Waals surface area contributed by atoms with E-state index in [4.69, 9.17) is 5.11 Å². The van der Waals surface area contributed by atoms with Crippen LogP contribution in [-0.4, -0.2) is 27.9 Å². The van der Waals surface area contributed by atoms with Gasteiger partial charge in [-0.1, -0.05) is 24.3 Å². The Morgan fingerprint density at radius 2 is 1.76 bits per heavy atom. The summed E-state index contributed by atoms with van der Waals surface area (Å²) in [4.78, 5) is 37.2. The molecule has 1 aromatic heterocycles. The summed E-state index contributed by atoms with van der Waals surface area (Å²) < 4.78 is 0. The van der Waals surface area contributed by atoms with Crippen LogP contribution in [0.1, 0.15) is 10.5 Å². The van der Waals surface area contributed by atoms with E-state index in [9.17, 15) is 14.4 Å². The summed E-state index contributed by atoms with van der Waals surface area (Å²) in [6, 6.07) is 8.98. The number of carbonyl (C=O) groups excluding carboxylic acids is 2. The van der Waals surface area contributed by atoms with Gasteiger partial charge in [-0.05, 0) is 11.5 Å². The zero-order valence-corrected chi connectivity index (χ0v) is 10.7. The molecular formula is C14H11N3O4. The molecule has 7 heteroatoms. The lowest BCUT2D eigenvalue weighted by atomic mass is 10.1. The van der Waals surface area contributed by atoms with Crippen molar-refractivity contribution in [3.8, 4) is 0 Å². The monoisotopic (exact) mass is 285 g/mol. The molecule has 21 heavy (non-hydrogen) atoms. The van der Waals surface area contributed by atoms with Gasteiger partial charge in [-0.25, -0.2) is 4.79 Å². The fourth-order valence-corrected chi connectivity index (χ4v) is 1.58. The van der Waals surface area contributed by atoms with Crippen molar-refractivity contribution in [2.75, 3.05) is 0 Å². The summed E-state index contributed by atoms with van der Waals surface area (Å²) in [6.07, 6.45) is 3.00. The SMILES string of the molecule is O=C(O)/C=C\C(=O)NNC(=O)c1cc2ccccc2cn1. The van der Waals surface area contributed by atoms with Gasteiger partial charge < -0.3 is 5.11 Å². The van der Waals surface area contributed by atoms with E-state index >= 15 is 0 Å². The van der Waals surface area contributed by atoms with E-state index in [1.165, 1.54) is 0 Å². The number of amides is 2. The van der Waals surface area contributed by atoms with Crippen LogP contribution in [0.4, 0.5) is 0 Å². The number of carboxylic acids is 1. The van der Waals surface area contributed by atoms with Gasteiger partial charge in [0.2, 0.25) is 0 Å². The minimum Gasteiger partial charge on any atom is -0.478 e. The summed E-state index contributed by atoms with van der Waals surface area (Å²) in [6.45, 7) is 0. The second-order valence-electron chi connectivity index (χ2n) is 4.03. The molecule has 0 saturated heterocycles. The number of aromatic nitrogens is 1. The molecule has 0 radical (unpaired) electrons. The number of hydrogen-bond donors (Lipinski definition) is 3. The minimum atomic E-state index is -1.26. The van der Waals surface area contributed by atoms with Gasteiger partial charge >= 0.3 is 5.97 Å². The van der Waals surface area contributed by atoms with Crippen LogP contribution >= 0.6 is 0 Å². The molecule has 7 nitrogen and oxygen atoms in total. The third-order valence-electron chi connectivity index (χ3n) is 2.54. The normalized spacial score (nSPS) is 10.5. The molecule has 2 amide bonds. The van der Waals surface area contributed by atoms with Crippen molar-refractivity contribution in [1.29, 1.82) is 0 Å². The first-order valence-electron chi connectivity index (χ1n) is 5.92. The van der Waals surface area contributed by atoms with Crippen LogP contribution in [0.5, 0.6) is 0 Å². The number of carbonyl (C=O) groups is 3. The number of carboxylic acid groups (broad SMARTS) is 1. The molecule has 106 valence electrons. The van der Waals surface area contributed by atoms with Crippen LogP contribution in [0.2, 0.25) is 0 Å². The van der Waals surface area contributed by atoms with Crippen molar-refractivity contribution in [3.05, 3.63) is 54.4 Å². The van der Waals surface area contributed by atoms with Gasteiger partial charge in [0.05, 0.1) is 0 Å². The van der Waals surface area contributed by atoms with Crippen molar-refractivity contribution in [1.82, 2.24) is 15.8 Å². The largest absolute Gasteiger partial charge is 0.478 e. The number of nitrogens with one attached hydrogen (secondary N) is 2. The molecule has 0 aliphatic rings. The van der Waals surface area contributed by atoms with Gasteiger partial charge in [-0.2, -0.15) is 0 Å². The van der Waals surface area contributed by atoms with Crippen LogP contribution in [0, 0.1) is 0 Å². The number of benzene rings is 1. The zero-order valence-electron chi connectivity index (χ0n) is 10.7. The third kappa shape index (κ3) is 3.87. The second-order valence-corrected chi connectivity index (χ2v) is 4.03. The summed E-state index contributed by atoms with van der Waals surface area (Å²) in [5, 5.41) is 10.1. The van der Waals surface area contributed by atoms with Gasteiger partial charge in [-0.3, -0.25) is 25.4 Å². The highest BCUT2D eigenvalue weighted by Gasteiger charge is 2.08. The molecule has 2 aromatic rings. The highest BCUT2D eigenvalue weighted by Crippen LogP contribution is 2.12. The van der Waals surface area contributed by atoms with Crippen molar-refractivity contribution >= 4 is 28.6 Å². The second kappa shape index (κ2) is 6.29. The Kier molecular flexibility index (Phi) is 4.25. The van der Waals surface area contributed by atoms with Crippen molar-refractivity contribution in [3.63, 3.8) is 0 Å². The van der Waals surface area contributed by atoms with Gasteiger partial charge in [0.15, 0.2) is 0 Å². The molecule has 0 spiro atoms. The quantitative estimate of drug-likeness (QED) is 0.566. The molecule has 0 fully saturated rings. The molecule has 3 N–H and O–H groups in total. The topological polar surface area (TPSA) is 108 Å². The average molecular weight is 285 g/mol. The maximum atomic E-state index is 11.8. The first-order valence-corrected chi connectivity index (χ1v) is 5.92. The Bertz CT molecular complexity index is 740. The molecule has 0 unspecified atom stereocenters. The van der Waals surface area contributed by atoms with Gasteiger partial charge in [0.1, 0.15) is 5.69 Å². The molecule has 0 aliphatic carbocycles. The Hall–Kier alpha value is -3.22. The number of hydrogen-bond acceptors (Lipinski definition) is 4. The number of nitrogens with zero attached hydrogens (tertiary/aromatic N) is 1. The summed E-state index contributed by atoms with van der Waals surface area (Å²) in [5.41, 5.74) is 4.33. The molecule has 0 aliphatic heterocycles. The number of pyridine rings is 1. The van der Waals surface area contributed by atoms with Crippen molar-refractivity contribution in [2.45, 2.75) is 0 Å². The lowest BCUT2D eigenvalue weighted by molar-refractivity contribution is -0.131. The Morgan fingerprint density at radius 1 is 1.05 bits per heavy atom. The van der Waals surface area contributed by atoms with Crippen molar-refractivity contribution in [2.24, 2.45) is 0 Å². The number of aliphatic carboxylic acids is 1.